The van der Waals surface area contributed by atoms with Crippen molar-refractivity contribution in [3.8, 4) is 0 Å². The molecule has 0 aliphatic rings. The molecule has 37 heavy (non-hydrogen) atoms. The summed E-state index contributed by atoms with van der Waals surface area (Å²) in [6.45, 7) is 0. The molecule has 1 N–H and O–H groups in total. The molecular formula is C20H9BrClF9N2O3S. The van der Waals surface area contributed by atoms with E-state index < -0.39 is 60.1 Å². The van der Waals surface area contributed by atoms with Crippen LogP contribution in [0.25, 0.3) is 10.9 Å². The minimum Gasteiger partial charge on any atom is -0.618 e. The molecule has 0 saturated carbocycles. The summed E-state index contributed by atoms with van der Waals surface area (Å²) >= 11 is 6.97. The van der Waals surface area contributed by atoms with E-state index in [4.69, 9.17) is 11.6 Å². The molecule has 1 amide bonds. The quantitative estimate of drug-likeness (QED) is 0.145. The number of hydrogen-bond acceptors (Lipinski definition) is 3. The molecule has 5 nitrogen and oxygen atoms in total. The fourth-order valence-corrected chi connectivity index (χ4v) is 4.77. The van der Waals surface area contributed by atoms with Gasteiger partial charge in [-0.15, -0.1) is 0 Å². The second kappa shape index (κ2) is 9.62. The molecule has 1 heterocycles. The Morgan fingerprint density at radius 2 is 1.62 bits per heavy atom. The number of benzene rings is 2. The van der Waals surface area contributed by atoms with Crippen LogP contribution in [0.15, 0.2) is 53.6 Å². The van der Waals surface area contributed by atoms with Gasteiger partial charge in [0.15, 0.2) is 17.0 Å². The zero-order valence-electron chi connectivity index (χ0n) is 17.4. The Morgan fingerprint density at radius 3 is 2.16 bits per heavy atom. The Hall–Kier alpha value is -2.59. The van der Waals surface area contributed by atoms with E-state index in [0.717, 1.165) is 18.3 Å². The first kappa shape index (κ1) is 29.0. The van der Waals surface area contributed by atoms with Gasteiger partial charge in [0.25, 0.3) is 5.91 Å². The first-order valence-electron chi connectivity index (χ1n) is 9.37. The van der Waals surface area contributed by atoms with Gasteiger partial charge < -0.3 is 10.5 Å². The molecule has 0 saturated heterocycles. The molecule has 17 heteroatoms. The van der Waals surface area contributed by atoms with Crippen molar-refractivity contribution < 1.29 is 53.2 Å². The molecule has 2 unspecified atom stereocenters. The molecule has 0 aliphatic heterocycles. The summed E-state index contributed by atoms with van der Waals surface area (Å²) in [4.78, 5) is 5.57. The van der Waals surface area contributed by atoms with Crippen LogP contribution in [-0.4, -0.2) is 26.6 Å². The van der Waals surface area contributed by atoms with Crippen LogP contribution in [0.4, 0.5) is 45.2 Å². The number of fused-ring (bicyclic) bond motifs is 1. The van der Waals surface area contributed by atoms with Crippen molar-refractivity contribution in [3.63, 3.8) is 0 Å². The number of rotatable bonds is 5. The summed E-state index contributed by atoms with van der Waals surface area (Å²) in [5.74, 6) is -1.27. The molecule has 0 bridgehead atoms. The van der Waals surface area contributed by atoms with Crippen molar-refractivity contribution in [3.05, 3.63) is 70.0 Å². The highest BCUT2D eigenvalue weighted by atomic mass is 79.9. The fraction of sp³-hybridized carbons (Fsp3) is 0.200. The Labute approximate surface area is 216 Å². The zero-order chi connectivity index (χ0) is 28.1. The molecule has 200 valence electrons. The van der Waals surface area contributed by atoms with Crippen LogP contribution in [0.1, 0.15) is 15.9 Å². The molecule has 0 spiro atoms. The summed E-state index contributed by atoms with van der Waals surface area (Å²) < 4.78 is 135. The Balaban J connectivity index is 2.20. The number of halogens is 11. The maximum Gasteiger partial charge on any atom is 0.475 e. The van der Waals surface area contributed by atoms with E-state index in [9.17, 15) is 53.7 Å². The lowest BCUT2D eigenvalue weighted by Crippen LogP contribution is -2.49. The van der Waals surface area contributed by atoms with E-state index in [1.807, 2.05) is 5.32 Å². The first-order valence-corrected chi connectivity index (χ1v) is 11.7. The van der Waals surface area contributed by atoms with E-state index in [0.29, 0.717) is 10.1 Å². The van der Waals surface area contributed by atoms with Crippen molar-refractivity contribution in [2.75, 3.05) is 5.32 Å². The third-order valence-corrected chi connectivity index (χ3v) is 6.90. The largest absolute Gasteiger partial charge is 0.618 e. The van der Waals surface area contributed by atoms with Gasteiger partial charge in [0.2, 0.25) is 5.52 Å². The van der Waals surface area contributed by atoms with Gasteiger partial charge in [-0.2, -0.15) is 39.9 Å². The van der Waals surface area contributed by atoms with Gasteiger partial charge in [-0.3, -0.25) is 4.79 Å². The Kier molecular flexibility index (Phi) is 7.53. The highest BCUT2D eigenvalue weighted by Crippen LogP contribution is 2.56. The lowest BCUT2D eigenvalue weighted by atomic mass is 9.95. The van der Waals surface area contributed by atoms with E-state index in [1.54, 1.807) is 0 Å². The lowest BCUT2D eigenvalue weighted by Gasteiger charge is -2.32. The highest BCUT2D eigenvalue weighted by Gasteiger charge is 2.71. The molecule has 0 radical (unpaired) electrons. The van der Waals surface area contributed by atoms with Gasteiger partial charge in [-0.1, -0.05) is 11.6 Å². The maximum atomic E-state index is 14.8. The third kappa shape index (κ3) is 5.36. The van der Waals surface area contributed by atoms with Crippen LogP contribution < -0.4 is 10.0 Å². The normalized spacial score (nSPS) is 15.3. The molecular weight excluding hydrogens is 635 g/mol. The van der Waals surface area contributed by atoms with E-state index in [1.165, 1.54) is 34.1 Å². The molecule has 1 aromatic heterocycles. The SMILES string of the molecule is O=C(Nc1c(Cl)cc(C(F)(C(F)(F)F)C(F)(F)Br)cc1S(=O)C(F)(F)F)c1ccc2ccc[n+]([O-])c2c1. The van der Waals surface area contributed by atoms with Crippen molar-refractivity contribution in [2.24, 2.45) is 0 Å². The van der Waals surface area contributed by atoms with Crippen molar-refractivity contribution in [1.29, 1.82) is 0 Å². The maximum absolute atomic E-state index is 14.8. The van der Waals surface area contributed by atoms with Gasteiger partial charge in [0, 0.05) is 28.6 Å². The second-order valence-corrected chi connectivity index (χ2v) is 10.1. The predicted molar refractivity (Wildman–Crippen MR) is 117 cm³/mol. The number of nitrogens with zero attached hydrogens (tertiary/aromatic N) is 1. The number of amides is 1. The van der Waals surface area contributed by atoms with E-state index >= 15 is 0 Å². The average Bonchev–Trinajstić information content (AvgIpc) is 2.77. The third-order valence-electron chi connectivity index (χ3n) is 4.91. The molecule has 3 rings (SSSR count). The molecule has 3 aromatic rings. The van der Waals surface area contributed by atoms with Crippen molar-refractivity contribution in [2.45, 2.75) is 27.1 Å². The van der Waals surface area contributed by atoms with Gasteiger partial charge in [0.1, 0.15) is 0 Å². The van der Waals surface area contributed by atoms with E-state index in [2.05, 4.69) is 0 Å². The number of carbonyl (C=O) groups is 1. The molecule has 0 aliphatic carbocycles. The average molecular weight is 644 g/mol. The number of carbonyl (C=O) groups excluding carboxylic acids is 1. The van der Waals surface area contributed by atoms with Gasteiger partial charge in [0.05, 0.1) is 15.6 Å². The van der Waals surface area contributed by atoms with Crippen LogP contribution in [0.3, 0.4) is 0 Å². The second-order valence-electron chi connectivity index (χ2n) is 7.26. The smallest absolute Gasteiger partial charge is 0.475 e. The predicted octanol–water partition coefficient (Wildman–Crippen LogP) is 6.72. The topological polar surface area (TPSA) is 73.1 Å². The number of alkyl halides is 10. The minimum absolute atomic E-state index is 0.0531. The zero-order valence-corrected chi connectivity index (χ0v) is 20.5. The number of anilines is 1. The van der Waals surface area contributed by atoms with Crippen molar-refractivity contribution in [1.82, 2.24) is 0 Å². The monoisotopic (exact) mass is 642 g/mol. The fourth-order valence-electron chi connectivity index (χ4n) is 3.17. The van der Waals surface area contributed by atoms with Crippen LogP contribution in [0.5, 0.6) is 0 Å². The lowest BCUT2D eigenvalue weighted by molar-refractivity contribution is -0.577. The molecule has 2 aromatic carbocycles. The summed E-state index contributed by atoms with van der Waals surface area (Å²) in [5.41, 5.74) is -15.0. The first-order chi connectivity index (χ1) is 16.8. The number of nitrogens with one attached hydrogen (secondary N) is 1. The van der Waals surface area contributed by atoms with Crippen LogP contribution in [-0.2, 0) is 16.5 Å². The number of aromatic nitrogens is 1. The summed E-state index contributed by atoms with van der Waals surface area (Å²) in [6, 6.07) is 5.86. The van der Waals surface area contributed by atoms with Crippen LogP contribution >= 0.6 is 27.5 Å². The summed E-state index contributed by atoms with van der Waals surface area (Å²) in [5, 5.41) is 12.8. The summed E-state index contributed by atoms with van der Waals surface area (Å²) in [7, 11) is -4.27. The Bertz CT molecular complexity index is 1400. The highest BCUT2D eigenvalue weighted by molar-refractivity contribution is 9.10. The molecule has 2 atom stereocenters. The van der Waals surface area contributed by atoms with Gasteiger partial charge >= 0.3 is 22.2 Å². The van der Waals surface area contributed by atoms with Gasteiger partial charge in [-0.25, -0.2) is 8.60 Å². The summed E-state index contributed by atoms with van der Waals surface area (Å²) in [6.07, 6.45) is -5.31. The Morgan fingerprint density at radius 1 is 1.00 bits per heavy atom. The number of hydrogen-bond donors (Lipinski definition) is 1. The van der Waals surface area contributed by atoms with Crippen LogP contribution in [0, 0.1) is 5.21 Å². The van der Waals surface area contributed by atoms with Crippen molar-refractivity contribution >= 4 is 60.8 Å². The van der Waals surface area contributed by atoms with E-state index in [-0.39, 0.29) is 23.2 Å². The standard InChI is InChI=1S/C20H9BrClF9N2O3S/c21-18(24,25)17(23,19(26,27)28)11-7-12(22)15(14(8-11)37(36)20(29,30)31)32-16(34)10-4-3-9-2-1-5-33(35)13(9)6-10/h1-8H,(H,32,34). The minimum atomic E-state index is -6.39. The molecule has 0 fully saturated rings. The van der Waals surface area contributed by atoms with Gasteiger partial charge in [-0.05, 0) is 46.3 Å². The number of pyridine rings is 1. The van der Waals surface area contributed by atoms with Crippen LogP contribution in [0.2, 0.25) is 5.02 Å².